The van der Waals surface area contributed by atoms with Crippen molar-refractivity contribution in [1.29, 1.82) is 0 Å². The number of ether oxygens (including phenoxy) is 3. The van der Waals surface area contributed by atoms with Crippen LogP contribution >= 0.6 is 0 Å². The van der Waals surface area contributed by atoms with Crippen molar-refractivity contribution in [3.05, 3.63) is 42.5 Å². The molecule has 2 rings (SSSR count). The molecule has 0 N–H and O–H groups in total. The topological polar surface area (TPSA) is 44.8 Å². The van der Waals surface area contributed by atoms with E-state index < -0.39 is 0 Å². The predicted molar refractivity (Wildman–Crippen MR) is 81.5 cm³/mol. The van der Waals surface area contributed by atoms with Crippen LogP contribution in [0.1, 0.15) is 13.8 Å². The van der Waals surface area contributed by atoms with E-state index in [1.54, 1.807) is 6.92 Å². The number of hydrogen-bond donors (Lipinski definition) is 0. The Balaban J connectivity index is 1.77. The first kappa shape index (κ1) is 15.3. The van der Waals surface area contributed by atoms with Crippen LogP contribution in [-0.4, -0.2) is 31.9 Å². The van der Waals surface area contributed by atoms with Gasteiger partial charge in [0.2, 0.25) is 0 Å². The average molecular weight is 288 g/mol. The van der Waals surface area contributed by atoms with Crippen molar-refractivity contribution in [3.8, 4) is 5.75 Å². The van der Waals surface area contributed by atoms with Crippen molar-refractivity contribution >= 4 is 16.7 Å². The maximum atomic E-state index is 10.8. The summed E-state index contributed by atoms with van der Waals surface area (Å²) in [6.45, 7) is 4.47. The van der Waals surface area contributed by atoms with Gasteiger partial charge in [0.25, 0.3) is 0 Å². The third-order valence-corrected chi connectivity index (χ3v) is 2.95. The zero-order chi connectivity index (χ0) is 15.1. The average Bonchev–Trinajstić information content (AvgIpc) is 2.46. The molecule has 1 atom stereocenters. The summed E-state index contributed by atoms with van der Waals surface area (Å²) in [5.41, 5.74) is 0. The molecule has 0 amide bonds. The first-order valence-corrected chi connectivity index (χ1v) is 7.02. The van der Waals surface area contributed by atoms with Crippen LogP contribution in [0.5, 0.6) is 5.75 Å². The monoisotopic (exact) mass is 288 g/mol. The third kappa shape index (κ3) is 4.76. The fourth-order valence-electron chi connectivity index (χ4n) is 2.10. The lowest BCUT2D eigenvalue weighted by Crippen LogP contribution is -2.20. The van der Waals surface area contributed by atoms with Gasteiger partial charge in [-0.1, -0.05) is 36.4 Å². The molecule has 0 saturated heterocycles. The number of fused-ring (bicyclic) bond motifs is 1. The molecule has 4 nitrogen and oxygen atoms in total. The lowest BCUT2D eigenvalue weighted by Gasteiger charge is -2.13. The highest BCUT2D eigenvalue weighted by Gasteiger charge is 2.05. The molecule has 0 aliphatic rings. The lowest BCUT2D eigenvalue weighted by atomic mass is 10.1. The molecule has 0 radical (unpaired) electrons. The Morgan fingerprint density at radius 1 is 1.10 bits per heavy atom. The molecule has 112 valence electrons. The fraction of sp³-hybridized carbons (Fsp3) is 0.353. The molecule has 4 heteroatoms. The fourth-order valence-corrected chi connectivity index (χ4v) is 2.10. The number of esters is 1. The summed E-state index contributed by atoms with van der Waals surface area (Å²) in [4.78, 5) is 10.8. The van der Waals surface area contributed by atoms with E-state index in [1.165, 1.54) is 6.92 Å². The zero-order valence-corrected chi connectivity index (χ0v) is 12.4. The molecule has 1 unspecified atom stereocenters. The minimum Gasteiger partial charge on any atom is -0.491 e. The zero-order valence-electron chi connectivity index (χ0n) is 12.4. The van der Waals surface area contributed by atoms with E-state index in [0.29, 0.717) is 19.8 Å². The molecule has 0 aliphatic heterocycles. The van der Waals surface area contributed by atoms with Crippen LogP contribution in [0.4, 0.5) is 0 Å². The van der Waals surface area contributed by atoms with Crippen LogP contribution in [0.3, 0.4) is 0 Å². The summed E-state index contributed by atoms with van der Waals surface area (Å²) < 4.78 is 16.1. The number of carbonyl (C=O) groups is 1. The number of carbonyl (C=O) groups excluding carboxylic acids is 1. The number of rotatable bonds is 7. The summed E-state index contributed by atoms with van der Waals surface area (Å²) in [6, 6.07) is 14.1. The Morgan fingerprint density at radius 2 is 1.86 bits per heavy atom. The van der Waals surface area contributed by atoms with Gasteiger partial charge in [0.05, 0.1) is 13.2 Å². The lowest BCUT2D eigenvalue weighted by molar-refractivity contribution is -0.148. The van der Waals surface area contributed by atoms with Crippen LogP contribution in [0.2, 0.25) is 0 Å². The predicted octanol–water partition coefficient (Wildman–Crippen LogP) is 3.19. The molecule has 0 heterocycles. The van der Waals surface area contributed by atoms with E-state index in [0.717, 1.165) is 16.5 Å². The molecule has 0 aliphatic carbocycles. The maximum Gasteiger partial charge on any atom is 0.302 e. The minimum atomic E-state index is -0.293. The third-order valence-electron chi connectivity index (χ3n) is 2.95. The first-order valence-electron chi connectivity index (χ1n) is 7.02. The molecule has 0 saturated carbocycles. The second-order valence-corrected chi connectivity index (χ2v) is 4.82. The first-order chi connectivity index (χ1) is 10.2. The Hall–Kier alpha value is -2.07. The largest absolute Gasteiger partial charge is 0.491 e. The number of benzene rings is 2. The van der Waals surface area contributed by atoms with Gasteiger partial charge in [0.1, 0.15) is 18.5 Å². The highest BCUT2D eigenvalue weighted by Crippen LogP contribution is 2.24. The van der Waals surface area contributed by atoms with Gasteiger partial charge in [-0.25, -0.2) is 0 Å². The SMILES string of the molecule is CC(=O)OC(C)COCCOc1cccc2ccccc12. The Morgan fingerprint density at radius 3 is 2.67 bits per heavy atom. The molecule has 21 heavy (non-hydrogen) atoms. The Bertz CT molecular complexity index is 589. The van der Waals surface area contributed by atoms with E-state index in [2.05, 4.69) is 12.1 Å². The van der Waals surface area contributed by atoms with Gasteiger partial charge in [0, 0.05) is 12.3 Å². The van der Waals surface area contributed by atoms with E-state index in [-0.39, 0.29) is 12.1 Å². The second kappa shape index (κ2) is 7.64. The van der Waals surface area contributed by atoms with E-state index in [9.17, 15) is 4.79 Å². The summed E-state index contributed by atoms with van der Waals surface area (Å²) in [6.07, 6.45) is -0.236. The standard InChI is InChI=1S/C17H20O4/c1-13(21-14(2)18)12-19-10-11-20-17-9-5-7-15-6-3-4-8-16(15)17/h3-9,13H,10-12H2,1-2H3. The van der Waals surface area contributed by atoms with Crippen LogP contribution in [0, 0.1) is 0 Å². The van der Waals surface area contributed by atoms with Crippen molar-refractivity contribution in [2.75, 3.05) is 19.8 Å². The Labute approximate surface area is 124 Å². The highest BCUT2D eigenvalue weighted by molar-refractivity contribution is 5.88. The molecule has 0 spiro atoms. The summed E-state index contributed by atoms with van der Waals surface area (Å²) in [7, 11) is 0. The molecule has 0 fully saturated rings. The smallest absolute Gasteiger partial charge is 0.302 e. The van der Waals surface area contributed by atoms with E-state index in [4.69, 9.17) is 14.2 Å². The van der Waals surface area contributed by atoms with Crippen LogP contribution < -0.4 is 4.74 Å². The Kier molecular flexibility index (Phi) is 5.58. The van der Waals surface area contributed by atoms with Crippen molar-refractivity contribution < 1.29 is 19.0 Å². The number of hydrogen-bond acceptors (Lipinski definition) is 4. The van der Waals surface area contributed by atoms with Crippen molar-refractivity contribution in [2.24, 2.45) is 0 Å². The molecule has 0 aromatic heterocycles. The van der Waals surface area contributed by atoms with Gasteiger partial charge < -0.3 is 14.2 Å². The van der Waals surface area contributed by atoms with Gasteiger partial charge in [-0.2, -0.15) is 0 Å². The summed E-state index contributed by atoms with van der Waals surface area (Å²) in [5.74, 6) is 0.558. The minimum absolute atomic E-state index is 0.236. The van der Waals surface area contributed by atoms with Gasteiger partial charge in [-0.15, -0.1) is 0 Å². The quantitative estimate of drug-likeness (QED) is 0.580. The van der Waals surface area contributed by atoms with Gasteiger partial charge in [0.15, 0.2) is 0 Å². The van der Waals surface area contributed by atoms with E-state index in [1.807, 2.05) is 30.3 Å². The van der Waals surface area contributed by atoms with Crippen LogP contribution in [0.15, 0.2) is 42.5 Å². The maximum absolute atomic E-state index is 10.8. The summed E-state index contributed by atoms with van der Waals surface area (Å²) in [5, 5.41) is 2.24. The van der Waals surface area contributed by atoms with Crippen molar-refractivity contribution in [1.82, 2.24) is 0 Å². The van der Waals surface area contributed by atoms with Crippen LogP contribution in [0.25, 0.3) is 10.8 Å². The van der Waals surface area contributed by atoms with Crippen molar-refractivity contribution in [3.63, 3.8) is 0 Å². The van der Waals surface area contributed by atoms with Crippen molar-refractivity contribution in [2.45, 2.75) is 20.0 Å². The van der Waals surface area contributed by atoms with Gasteiger partial charge >= 0.3 is 5.97 Å². The second-order valence-electron chi connectivity index (χ2n) is 4.82. The van der Waals surface area contributed by atoms with E-state index >= 15 is 0 Å². The molecular weight excluding hydrogens is 268 g/mol. The molecule has 2 aromatic rings. The van der Waals surface area contributed by atoms with Gasteiger partial charge in [-0.05, 0) is 18.4 Å². The molecule has 0 bridgehead atoms. The molecular formula is C17H20O4. The molecule has 2 aromatic carbocycles. The highest BCUT2D eigenvalue weighted by atomic mass is 16.6. The van der Waals surface area contributed by atoms with Gasteiger partial charge in [-0.3, -0.25) is 4.79 Å². The van der Waals surface area contributed by atoms with Crippen LogP contribution in [-0.2, 0) is 14.3 Å². The summed E-state index contributed by atoms with van der Waals surface area (Å²) >= 11 is 0. The normalized spacial score (nSPS) is 12.1.